The summed E-state index contributed by atoms with van der Waals surface area (Å²) in [5, 5.41) is 21.6. The van der Waals surface area contributed by atoms with E-state index in [-0.39, 0.29) is 0 Å². The predicted molar refractivity (Wildman–Crippen MR) is 76.6 cm³/mol. The van der Waals surface area contributed by atoms with E-state index in [2.05, 4.69) is 26.2 Å². The molecule has 1 saturated heterocycles. The van der Waals surface area contributed by atoms with Gasteiger partial charge in [-0.05, 0) is 32.1 Å². The summed E-state index contributed by atoms with van der Waals surface area (Å²) in [5.74, 6) is 1.81. The van der Waals surface area contributed by atoms with Crippen LogP contribution in [-0.2, 0) is 13.0 Å². The Labute approximate surface area is 119 Å². The number of nitrogens with one attached hydrogen (secondary N) is 1. The molecule has 0 saturated carbocycles. The van der Waals surface area contributed by atoms with Crippen LogP contribution < -0.4 is 5.32 Å². The third-order valence-electron chi connectivity index (χ3n) is 4.19. The Morgan fingerprint density at radius 1 is 1.05 bits per heavy atom. The zero-order chi connectivity index (χ0) is 13.8. The molecule has 1 aromatic heterocycles. The molecule has 0 amide bonds. The summed E-state index contributed by atoms with van der Waals surface area (Å²) in [7, 11) is 0. The fourth-order valence-electron chi connectivity index (χ4n) is 3.07. The molecule has 0 atom stereocenters. The first kappa shape index (κ1) is 13.2. The molecule has 106 valence electrons. The summed E-state index contributed by atoms with van der Waals surface area (Å²) in [4.78, 5) is 0. The second-order valence-corrected chi connectivity index (χ2v) is 5.60. The first-order valence-electron chi connectivity index (χ1n) is 7.69. The number of nitrogens with zero attached hydrogens (tertiary/aromatic N) is 4. The maximum atomic E-state index is 9.58. The van der Waals surface area contributed by atoms with Crippen molar-refractivity contribution in [2.45, 2.75) is 57.9 Å². The number of rotatable bonds is 1. The maximum absolute atomic E-state index is 9.58. The molecule has 2 aliphatic heterocycles. The van der Waals surface area contributed by atoms with Gasteiger partial charge in [-0.15, -0.1) is 10.2 Å². The van der Waals surface area contributed by atoms with Gasteiger partial charge in [-0.3, -0.25) is 0 Å². The third kappa shape index (κ3) is 2.55. The molecule has 3 rings (SSSR count). The Morgan fingerprint density at radius 2 is 1.90 bits per heavy atom. The van der Waals surface area contributed by atoms with E-state index in [9.17, 15) is 5.26 Å². The number of aryl methyl sites for hydroxylation is 1. The number of aromatic nitrogens is 3. The van der Waals surface area contributed by atoms with Crippen molar-refractivity contribution < 1.29 is 0 Å². The van der Waals surface area contributed by atoms with Crippen molar-refractivity contribution in [3.63, 3.8) is 0 Å². The third-order valence-corrected chi connectivity index (χ3v) is 4.19. The number of hydrogen-bond acceptors (Lipinski definition) is 4. The summed E-state index contributed by atoms with van der Waals surface area (Å²) in [5.41, 5.74) is 1.76. The molecule has 0 radical (unpaired) electrons. The molecule has 3 heterocycles. The van der Waals surface area contributed by atoms with Crippen molar-refractivity contribution in [3.05, 3.63) is 17.3 Å². The molecule has 1 aromatic rings. The quantitative estimate of drug-likeness (QED) is 0.796. The van der Waals surface area contributed by atoms with E-state index in [0.717, 1.165) is 56.1 Å². The fraction of sp³-hybridized carbons (Fsp3) is 0.667. The Kier molecular flexibility index (Phi) is 4.00. The molecule has 0 aliphatic carbocycles. The van der Waals surface area contributed by atoms with Crippen LogP contribution in [0.25, 0.3) is 5.57 Å². The van der Waals surface area contributed by atoms with Crippen LogP contribution in [0.15, 0.2) is 5.70 Å². The monoisotopic (exact) mass is 271 g/mol. The summed E-state index contributed by atoms with van der Waals surface area (Å²) < 4.78 is 2.16. The van der Waals surface area contributed by atoms with Gasteiger partial charge in [-0.25, -0.2) is 0 Å². The van der Waals surface area contributed by atoms with Crippen LogP contribution >= 0.6 is 0 Å². The zero-order valence-corrected chi connectivity index (χ0v) is 11.9. The van der Waals surface area contributed by atoms with Gasteiger partial charge in [0.1, 0.15) is 17.5 Å². The van der Waals surface area contributed by atoms with Gasteiger partial charge in [0.2, 0.25) is 0 Å². The number of fused-ring (bicyclic) bond motifs is 1. The lowest BCUT2D eigenvalue weighted by Gasteiger charge is -2.11. The fourth-order valence-corrected chi connectivity index (χ4v) is 3.07. The molecule has 20 heavy (non-hydrogen) atoms. The molecule has 1 fully saturated rings. The Hall–Kier alpha value is -1.83. The van der Waals surface area contributed by atoms with Gasteiger partial charge < -0.3 is 9.88 Å². The second kappa shape index (κ2) is 6.08. The highest BCUT2D eigenvalue weighted by Crippen LogP contribution is 2.24. The Bertz CT molecular complexity index is 539. The van der Waals surface area contributed by atoms with E-state index in [0.29, 0.717) is 5.57 Å². The molecular formula is C15H21N5. The van der Waals surface area contributed by atoms with Crippen molar-refractivity contribution in [2.75, 3.05) is 6.54 Å². The van der Waals surface area contributed by atoms with E-state index in [1.54, 1.807) is 0 Å². The average molecular weight is 271 g/mol. The van der Waals surface area contributed by atoms with Crippen molar-refractivity contribution in [1.29, 1.82) is 5.26 Å². The van der Waals surface area contributed by atoms with Crippen LogP contribution in [-0.4, -0.2) is 21.3 Å². The Balaban J connectivity index is 1.99. The summed E-state index contributed by atoms with van der Waals surface area (Å²) >= 11 is 0. The highest BCUT2D eigenvalue weighted by molar-refractivity contribution is 5.75. The van der Waals surface area contributed by atoms with Crippen LogP contribution in [0.1, 0.15) is 56.6 Å². The molecule has 0 aromatic carbocycles. The lowest BCUT2D eigenvalue weighted by atomic mass is 10.1. The van der Waals surface area contributed by atoms with Crippen LogP contribution in [0.3, 0.4) is 0 Å². The topological polar surface area (TPSA) is 66.5 Å². The molecular weight excluding hydrogens is 250 g/mol. The smallest absolute Gasteiger partial charge is 0.176 e. The van der Waals surface area contributed by atoms with E-state index >= 15 is 0 Å². The standard InChI is InChI=1S/C15H21N5/c16-11-12(13-7-3-1-5-9-17-13)15-19-18-14-8-4-2-6-10-20(14)15/h17H,1-10H2/b13-12+. The molecule has 0 unspecified atom stereocenters. The lowest BCUT2D eigenvalue weighted by molar-refractivity contribution is 0.626. The maximum Gasteiger partial charge on any atom is 0.176 e. The van der Waals surface area contributed by atoms with Gasteiger partial charge in [-0.1, -0.05) is 12.8 Å². The van der Waals surface area contributed by atoms with Crippen LogP contribution in [0.2, 0.25) is 0 Å². The minimum atomic E-state index is 0.701. The molecule has 5 heteroatoms. The van der Waals surface area contributed by atoms with E-state index in [1.165, 1.54) is 25.7 Å². The van der Waals surface area contributed by atoms with Gasteiger partial charge in [0, 0.05) is 25.2 Å². The van der Waals surface area contributed by atoms with Crippen LogP contribution in [0, 0.1) is 11.3 Å². The van der Waals surface area contributed by atoms with Crippen molar-refractivity contribution in [2.24, 2.45) is 0 Å². The van der Waals surface area contributed by atoms with Crippen molar-refractivity contribution in [1.82, 2.24) is 20.1 Å². The first-order chi connectivity index (χ1) is 9.90. The minimum Gasteiger partial charge on any atom is -0.387 e. The van der Waals surface area contributed by atoms with E-state index in [4.69, 9.17) is 0 Å². The largest absolute Gasteiger partial charge is 0.387 e. The average Bonchev–Trinajstić information content (AvgIpc) is 2.69. The van der Waals surface area contributed by atoms with Gasteiger partial charge in [0.25, 0.3) is 0 Å². The predicted octanol–water partition coefficient (Wildman–Crippen LogP) is 2.40. The Morgan fingerprint density at radius 3 is 2.80 bits per heavy atom. The number of hydrogen-bond donors (Lipinski definition) is 1. The number of nitriles is 1. The highest BCUT2D eigenvalue weighted by atomic mass is 15.3. The normalized spacial score (nSPS) is 21.9. The molecule has 5 nitrogen and oxygen atoms in total. The van der Waals surface area contributed by atoms with Crippen molar-refractivity contribution >= 4 is 5.57 Å². The zero-order valence-electron chi connectivity index (χ0n) is 11.9. The van der Waals surface area contributed by atoms with Gasteiger partial charge in [0.05, 0.1) is 0 Å². The molecule has 0 spiro atoms. The summed E-state index contributed by atoms with van der Waals surface area (Å²) in [6, 6.07) is 2.37. The highest BCUT2D eigenvalue weighted by Gasteiger charge is 2.20. The van der Waals surface area contributed by atoms with E-state index < -0.39 is 0 Å². The minimum absolute atomic E-state index is 0.701. The van der Waals surface area contributed by atoms with Crippen LogP contribution in [0.4, 0.5) is 0 Å². The summed E-state index contributed by atoms with van der Waals surface area (Å²) in [6.45, 7) is 1.90. The second-order valence-electron chi connectivity index (χ2n) is 5.60. The first-order valence-corrected chi connectivity index (χ1v) is 7.69. The molecule has 1 N–H and O–H groups in total. The molecule has 0 bridgehead atoms. The van der Waals surface area contributed by atoms with E-state index in [1.807, 2.05) is 0 Å². The van der Waals surface area contributed by atoms with Gasteiger partial charge in [-0.2, -0.15) is 5.26 Å². The van der Waals surface area contributed by atoms with Crippen molar-refractivity contribution in [3.8, 4) is 6.07 Å². The molecule has 2 aliphatic rings. The number of allylic oxidation sites excluding steroid dienone is 2. The summed E-state index contributed by atoms with van der Waals surface area (Å²) in [6.07, 6.45) is 9.05. The lowest BCUT2D eigenvalue weighted by Crippen LogP contribution is -2.15. The van der Waals surface area contributed by atoms with Gasteiger partial charge >= 0.3 is 0 Å². The van der Waals surface area contributed by atoms with Gasteiger partial charge in [0.15, 0.2) is 5.82 Å². The SMILES string of the molecule is N#C/C(=C1/CCCCCN1)c1nnc2n1CCCCC2. The van der Waals surface area contributed by atoms with Crippen LogP contribution in [0.5, 0.6) is 0 Å².